The van der Waals surface area contributed by atoms with Crippen molar-refractivity contribution in [2.75, 3.05) is 61.1 Å². The van der Waals surface area contributed by atoms with Crippen molar-refractivity contribution in [3.8, 4) is 0 Å². The Hall–Kier alpha value is -3.66. The predicted molar refractivity (Wildman–Crippen MR) is 153 cm³/mol. The summed E-state index contributed by atoms with van der Waals surface area (Å²) in [7, 11) is 0. The predicted octanol–water partition coefficient (Wildman–Crippen LogP) is 3.40. The number of aryl methyl sites for hydroxylation is 2. The Balaban J connectivity index is 1.98. The summed E-state index contributed by atoms with van der Waals surface area (Å²) in [5.41, 5.74) is 5.37. The number of aliphatic imine (C=N–C) groups is 1. The summed E-state index contributed by atoms with van der Waals surface area (Å²) in [5.74, 6) is -0.766. The van der Waals surface area contributed by atoms with Gasteiger partial charge in [0.15, 0.2) is 0 Å². The number of hydrogen-bond donors (Lipinski definition) is 5. The minimum absolute atomic E-state index is 0.0474. The van der Waals surface area contributed by atoms with E-state index < -0.39 is 12.4 Å². The van der Waals surface area contributed by atoms with Gasteiger partial charge < -0.3 is 35.5 Å². The Morgan fingerprint density at radius 2 is 1.45 bits per heavy atom. The van der Waals surface area contributed by atoms with Crippen molar-refractivity contribution in [3.05, 3.63) is 70.6 Å². The van der Waals surface area contributed by atoms with Crippen molar-refractivity contribution >= 4 is 34.2 Å². The topological polar surface area (TPSA) is 129 Å². The van der Waals surface area contributed by atoms with Gasteiger partial charge in [-0.1, -0.05) is 0 Å². The Labute approximate surface area is 224 Å². The number of likely N-dealkylation sites (N-methyl/N-ethyl adjacent to an activating group) is 2. The molecular weight excluding hydrogens is 484 g/mol. The van der Waals surface area contributed by atoms with Crippen LogP contribution in [-0.2, 0) is 4.79 Å². The number of anilines is 3. The quantitative estimate of drug-likeness (QED) is 0.268. The molecule has 0 atom stereocenters. The number of carbonyl (C=O) groups excluding carboxylic acids is 1. The molecule has 0 saturated heterocycles. The number of carbonyl (C=O) groups is 1. The van der Waals surface area contributed by atoms with E-state index in [0.717, 1.165) is 41.7 Å². The standard InChI is InChI=1S/C29H38N4O5/c1-5-32(11-13-34)21-7-9-24(19(3)15-21)30-28-23(18-36)29(27(38)17-26(28)37)31-25-10-8-22(16-20(25)4)33(6-2)12-14-35/h7-10,15-17,30,34-36,38H,5-6,11-14,18H2,1-4H3/b31-29-. The van der Waals surface area contributed by atoms with Crippen LogP contribution in [0.3, 0.4) is 0 Å². The van der Waals surface area contributed by atoms with E-state index in [1.165, 1.54) is 0 Å². The lowest BCUT2D eigenvalue weighted by Crippen LogP contribution is -2.27. The zero-order valence-corrected chi connectivity index (χ0v) is 22.5. The average molecular weight is 523 g/mol. The number of aliphatic hydroxyl groups excluding tert-OH is 4. The van der Waals surface area contributed by atoms with Crippen molar-refractivity contribution in [1.82, 2.24) is 0 Å². The minimum atomic E-state index is -0.501. The van der Waals surface area contributed by atoms with E-state index in [-0.39, 0.29) is 36.0 Å². The van der Waals surface area contributed by atoms with Crippen LogP contribution in [0, 0.1) is 13.8 Å². The van der Waals surface area contributed by atoms with Gasteiger partial charge in [-0.25, -0.2) is 4.99 Å². The molecule has 0 heterocycles. The molecule has 0 spiro atoms. The number of allylic oxidation sites excluding steroid dienone is 2. The zero-order valence-electron chi connectivity index (χ0n) is 22.5. The summed E-state index contributed by atoms with van der Waals surface area (Å²) < 4.78 is 0. The summed E-state index contributed by atoms with van der Waals surface area (Å²) in [5, 5.41) is 42.7. The Morgan fingerprint density at radius 3 is 1.95 bits per heavy atom. The SMILES string of the molecule is CCN(CCO)c1ccc(/N=C2\C(O)=CC(=O)C(Nc3ccc(N(CC)CCO)cc3C)=C2CO)c(C)c1. The highest BCUT2D eigenvalue weighted by Crippen LogP contribution is 2.30. The first-order valence-electron chi connectivity index (χ1n) is 12.9. The third-order valence-electron chi connectivity index (χ3n) is 6.62. The number of nitrogens with zero attached hydrogens (tertiary/aromatic N) is 3. The molecule has 204 valence electrons. The molecule has 0 bridgehead atoms. The maximum Gasteiger partial charge on any atom is 0.206 e. The van der Waals surface area contributed by atoms with Gasteiger partial charge in [0.2, 0.25) is 5.78 Å². The van der Waals surface area contributed by atoms with Crippen LogP contribution in [0.1, 0.15) is 25.0 Å². The van der Waals surface area contributed by atoms with Gasteiger partial charge in [0.25, 0.3) is 0 Å². The van der Waals surface area contributed by atoms with Crippen LogP contribution in [0.4, 0.5) is 22.7 Å². The van der Waals surface area contributed by atoms with Crippen LogP contribution in [0.5, 0.6) is 0 Å². The molecule has 2 aromatic carbocycles. The number of ketones is 1. The van der Waals surface area contributed by atoms with Crippen LogP contribution >= 0.6 is 0 Å². The van der Waals surface area contributed by atoms with Crippen molar-refractivity contribution in [2.24, 2.45) is 4.99 Å². The summed E-state index contributed by atoms with van der Waals surface area (Å²) in [6.07, 6.45) is 1.11. The van der Waals surface area contributed by atoms with E-state index >= 15 is 0 Å². The molecule has 0 unspecified atom stereocenters. The molecule has 0 amide bonds. The molecule has 9 heteroatoms. The maximum absolute atomic E-state index is 12.9. The second-order valence-electron chi connectivity index (χ2n) is 9.07. The monoisotopic (exact) mass is 522 g/mol. The lowest BCUT2D eigenvalue weighted by Gasteiger charge is -2.24. The van der Waals surface area contributed by atoms with E-state index in [4.69, 9.17) is 0 Å². The highest BCUT2D eigenvalue weighted by Gasteiger charge is 2.27. The largest absolute Gasteiger partial charge is 0.506 e. The third kappa shape index (κ3) is 6.42. The van der Waals surface area contributed by atoms with Gasteiger partial charge in [0.05, 0.1) is 31.2 Å². The van der Waals surface area contributed by atoms with Crippen molar-refractivity contribution in [1.29, 1.82) is 0 Å². The van der Waals surface area contributed by atoms with Crippen LogP contribution in [0.2, 0.25) is 0 Å². The van der Waals surface area contributed by atoms with E-state index in [1.54, 1.807) is 0 Å². The van der Waals surface area contributed by atoms with Crippen molar-refractivity contribution in [3.63, 3.8) is 0 Å². The maximum atomic E-state index is 12.9. The molecule has 38 heavy (non-hydrogen) atoms. The Morgan fingerprint density at radius 1 is 0.868 bits per heavy atom. The molecule has 9 nitrogen and oxygen atoms in total. The molecule has 3 rings (SSSR count). The van der Waals surface area contributed by atoms with E-state index in [1.807, 2.05) is 73.9 Å². The van der Waals surface area contributed by atoms with E-state index in [2.05, 4.69) is 10.3 Å². The van der Waals surface area contributed by atoms with Gasteiger partial charge in [-0.3, -0.25) is 4.79 Å². The van der Waals surface area contributed by atoms with Crippen molar-refractivity contribution in [2.45, 2.75) is 27.7 Å². The number of hydrogen-bond acceptors (Lipinski definition) is 9. The second-order valence-corrected chi connectivity index (χ2v) is 9.07. The molecule has 5 N–H and O–H groups in total. The van der Waals surface area contributed by atoms with Gasteiger partial charge in [-0.15, -0.1) is 0 Å². The fourth-order valence-electron chi connectivity index (χ4n) is 4.48. The first-order chi connectivity index (χ1) is 18.3. The molecule has 0 radical (unpaired) electrons. The molecule has 0 aromatic heterocycles. The normalized spacial score (nSPS) is 14.7. The highest BCUT2D eigenvalue weighted by molar-refractivity contribution is 6.25. The summed E-state index contributed by atoms with van der Waals surface area (Å²) in [6.45, 7) is 9.94. The summed E-state index contributed by atoms with van der Waals surface area (Å²) in [6, 6.07) is 11.4. The molecular formula is C29H38N4O5. The number of benzene rings is 2. The summed E-state index contributed by atoms with van der Waals surface area (Å²) >= 11 is 0. The lowest BCUT2D eigenvalue weighted by atomic mass is 9.97. The van der Waals surface area contributed by atoms with Gasteiger partial charge in [0.1, 0.15) is 11.5 Å². The highest BCUT2D eigenvalue weighted by atomic mass is 16.3. The summed E-state index contributed by atoms with van der Waals surface area (Å²) in [4.78, 5) is 21.6. The van der Waals surface area contributed by atoms with Crippen molar-refractivity contribution < 1.29 is 25.2 Å². The van der Waals surface area contributed by atoms with Gasteiger partial charge in [-0.05, 0) is 75.2 Å². The molecule has 1 aliphatic carbocycles. The first-order valence-corrected chi connectivity index (χ1v) is 12.9. The lowest BCUT2D eigenvalue weighted by molar-refractivity contribution is -0.111. The fraction of sp³-hybridized carbons (Fsp3) is 0.379. The number of nitrogens with one attached hydrogen (secondary N) is 1. The molecule has 2 aromatic rings. The van der Waals surface area contributed by atoms with Crippen LogP contribution in [-0.4, -0.2) is 77.9 Å². The number of rotatable bonds is 12. The Kier molecular flexibility index (Phi) is 10.1. The van der Waals surface area contributed by atoms with Crippen LogP contribution in [0.25, 0.3) is 0 Å². The van der Waals surface area contributed by atoms with Gasteiger partial charge in [0, 0.05) is 54.9 Å². The second kappa shape index (κ2) is 13.2. The van der Waals surface area contributed by atoms with E-state index in [0.29, 0.717) is 24.5 Å². The fourth-order valence-corrected chi connectivity index (χ4v) is 4.48. The van der Waals surface area contributed by atoms with E-state index in [9.17, 15) is 25.2 Å². The zero-order chi connectivity index (χ0) is 27.8. The van der Waals surface area contributed by atoms with Crippen LogP contribution in [0.15, 0.2) is 64.5 Å². The van der Waals surface area contributed by atoms with Gasteiger partial charge in [-0.2, -0.15) is 0 Å². The first kappa shape index (κ1) is 28.9. The third-order valence-corrected chi connectivity index (χ3v) is 6.62. The Bertz CT molecular complexity index is 1250. The van der Waals surface area contributed by atoms with Crippen LogP contribution < -0.4 is 15.1 Å². The molecule has 0 saturated carbocycles. The molecule has 0 fully saturated rings. The number of aliphatic hydroxyl groups is 4. The smallest absolute Gasteiger partial charge is 0.206 e. The molecule has 0 aliphatic heterocycles. The van der Waals surface area contributed by atoms with Gasteiger partial charge >= 0.3 is 0 Å². The molecule has 1 aliphatic rings. The average Bonchev–Trinajstić information content (AvgIpc) is 2.90. The minimum Gasteiger partial charge on any atom is -0.506 e.